The van der Waals surface area contributed by atoms with E-state index in [-0.39, 0.29) is 18.7 Å². The molecule has 0 aliphatic carbocycles. The molecule has 0 aliphatic rings. The minimum absolute atomic E-state index is 0.0205. The number of carbonyl (C=O) groups is 2. The van der Waals surface area contributed by atoms with Crippen LogP contribution in [-0.4, -0.2) is 25.7 Å². The highest BCUT2D eigenvalue weighted by Crippen LogP contribution is 2.16. The lowest BCUT2D eigenvalue weighted by Crippen LogP contribution is -2.24. The molecule has 0 fully saturated rings. The smallest absolute Gasteiger partial charge is 0.408 e. The summed E-state index contributed by atoms with van der Waals surface area (Å²) < 4.78 is 36.8. The fourth-order valence-electron chi connectivity index (χ4n) is 1.98. The molecule has 2 rings (SSSR count). The van der Waals surface area contributed by atoms with E-state index >= 15 is 0 Å². The van der Waals surface area contributed by atoms with Crippen LogP contribution in [0.2, 0.25) is 0 Å². The van der Waals surface area contributed by atoms with Crippen molar-refractivity contribution in [2.24, 2.45) is 0 Å². The summed E-state index contributed by atoms with van der Waals surface area (Å²) in [6.45, 7) is 0.0428. The van der Waals surface area contributed by atoms with Crippen molar-refractivity contribution in [1.82, 2.24) is 5.32 Å². The summed E-state index contributed by atoms with van der Waals surface area (Å²) >= 11 is 0. The molecule has 0 aliphatic heterocycles. The van der Waals surface area contributed by atoms with Crippen molar-refractivity contribution in [3.8, 4) is 11.8 Å². The highest BCUT2D eigenvalue weighted by atomic mass is 19.1. The summed E-state index contributed by atoms with van der Waals surface area (Å²) in [6, 6.07) is 11.0. The molecule has 7 heteroatoms. The predicted octanol–water partition coefficient (Wildman–Crippen LogP) is 3.03. The number of halogens is 2. The van der Waals surface area contributed by atoms with Crippen molar-refractivity contribution in [3.63, 3.8) is 0 Å². The second kappa shape index (κ2) is 9.18. The molecule has 1 amide bonds. The maximum Gasteiger partial charge on any atom is 0.408 e. The average molecular weight is 359 g/mol. The Labute approximate surface area is 148 Å². The van der Waals surface area contributed by atoms with Crippen molar-refractivity contribution >= 4 is 12.1 Å². The van der Waals surface area contributed by atoms with Crippen LogP contribution in [-0.2, 0) is 16.1 Å². The average Bonchev–Trinajstić information content (AvgIpc) is 2.63. The first kappa shape index (κ1) is 18.9. The number of hydrogen-bond acceptors (Lipinski definition) is 4. The second-order valence-corrected chi connectivity index (χ2v) is 5.02. The van der Waals surface area contributed by atoms with Gasteiger partial charge >= 0.3 is 12.1 Å². The Balaban J connectivity index is 1.88. The molecule has 1 N–H and O–H groups in total. The van der Waals surface area contributed by atoms with Gasteiger partial charge in [-0.3, -0.25) is 0 Å². The number of alkyl carbamates (subject to hydrolysis) is 1. The quantitative estimate of drug-likeness (QED) is 0.673. The molecule has 0 heterocycles. The van der Waals surface area contributed by atoms with Crippen molar-refractivity contribution in [3.05, 3.63) is 70.8 Å². The normalized spacial score (nSPS) is 9.65. The number of benzene rings is 2. The van der Waals surface area contributed by atoms with Gasteiger partial charge in [0.15, 0.2) is 0 Å². The first-order valence-electron chi connectivity index (χ1n) is 7.52. The summed E-state index contributed by atoms with van der Waals surface area (Å²) in [5.74, 6) is 1.77. The van der Waals surface area contributed by atoms with E-state index in [9.17, 15) is 18.4 Å². The molecular formula is C19H15F2NO4. The van der Waals surface area contributed by atoms with Crippen LogP contribution < -0.4 is 5.32 Å². The number of nitrogens with one attached hydrogen (secondary N) is 1. The third-order valence-corrected chi connectivity index (χ3v) is 3.20. The van der Waals surface area contributed by atoms with Crippen LogP contribution in [0.25, 0.3) is 0 Å². The Kier molecular flexibility index (Phi) is 6.68. The van der Waals surface area contributed by atoms with Gasteiger partial charge < -0.3 is 14.8 Å². The van der Waals surface area contributed by atoms with E-state index in [1.54, 1.807) is 0 Å². The van der Waals surface area contributed by atoms with Gasteiger partial charge in [-0.2, -0.15) is 0 Å². The zero-order valence-corrected chi connectivity index (χ0v) is 13.8. The predicted molar refractivity (Wildman–Crippen MR) is 89.2 cm³/mol. The number of amides is 1. The van der Waals surface area contributed by atoms with Gasteiger partial charge in [-0.05, 0) is 17.7 Å². The van der Waals surface area contributed by atoms with Gasteiger partial charge in [0.1, 0.15) is 23.8 Å². The molecule has 134 valence electrons. The first-order chi connectivity index (χ1) is 12.5. The number of methoxy groups -OCH3 is 1. The molecule has 5 nitrogen and oxygen atoms in total. The summed E-state index contributed by atoms with van der Waals surface area (Å²) in [4.78, 5) is 22.8. The van der Waals surface area contributed by atoms with Crippen molar-refractivity contribution < 1.29 is 27.8 Å². The maximum atomic E-state index is 13.7. The molecule has 26 heavy (non-hydrogen) atoms. The highest BCUT2D eigenvalue weighted by Gasteiger charge is 2.18. The monoisotopic (exact) mass is 359 g/mol. The van der Waals surface area contributed by atoms with Crippen molar-refractivity contribution in [2.75, 3.05) is 13.7 Å². The van der Waals surface area contributed by atoms with Gasteiger partial charge in [-0.15, -0.1) is 0 Å². The minimum Gasteiger partial charge on any atom is -0.465 e. The van der Waals surface area contributed by atoms with Crippen LogP contribution in [0.1, 0.15) is 21.5 Å². The minimum atomic E-state index is -1.11. The maximum absolute atomic E-state index is 13.7. The van der Waals surface area contributed by atoms with Gasteiger partial charge in [0, 0.05) is 5.56 Å². The van der Waals surface area contributed by atoms with E-state index in [0.29, 0.717) is 0 Å². The van der Waals surface area contributed by atoms with Crippen LogP contribution in [0.3, 0.4) is 0 Å². The van der Waals surface area contributed by atoms with Gasteiger partial charge in [0.2, 0.25) is 0 Å². The fraction of sp³-hybridized carbons (Fsp3) is 0.158. The molecule has 2 aromatic carbocycles. The van der Waals surface area contributed by atoms with E-state index in [1.165, 1.54) is 0 Å². The third kappa shape index (κ3) is 5.31. The number of ether oxygens (including phenoxy) is 2. The molecule has 0 spiro atoms. The van der Waals surface area contributed by atoms with Gasteiger partial charge in [-0.25, -0.2) is 18.4 Å². The second-order valence-electron chi connectivity index (χ2n) is 5.02. The van der Waals surface area contributed by atoms with E-state index < -0.39 is 29.3 Å². The molecular weight excluding hydrogens is 344 g/mol. The standard InChI is InChI=1S/C19H15F2NO4/c1-25-18(23)17-15(20)10-14(11-16(17)21)8-5-9-22-19(24)26-12-13-6-3-2-4-7-13/h2-4,6-7,10-11H,9,12H2,1H3,(H,22,24). The zero-order chi connectivity index (χ0) is 18.9. The number of hydrogen-bond donors (Lipinski definition) is 1. The van der Waals surface area contributed by atoms with E-state index in [2.05, 4.69) is 21.9 Å². The van der Waals surface area contributed by atoms with Crippen LogP contribution in [0.5, 0.6) is 0 Å². The van der Waals surface area contributed by atoms with Crippen LogP contribution in [0, 0.1) is 23.5 Å². The Morgan fingerprint density at radius 3 is 2.38 bits per heavy atom. The molecule has 0 bridgehead atoms. The molecule has 0 radical (unpaired) electrons. The lowest BCUT2D eigenvalue weighted by Gasteiger charge is -2.04. The first-order valence-corrected chi connectivity index (χ1v) is 7.52. The van der Waals surface area contributed by atoms with Crippen LogP contribution in [0.4, 0.5) is 13.6 Å². The Morgan fingerprint density at radius 2 is 1.77 bits per heavy atom. The van der Waals surface area contributed by atoms with Gasteiger partial charge in [0.05, 0.1) is 13.7 Å². The Bertz CT molecular complexity index is 834. The third-order valence-electron chi connectivity index (χ3n) is 3.20. The topological polar surface area (TPSA) is 64.6 Å². The molecule has 0 unspecified atom stereocenters. The van der Waals surface area contributed by atoms with E-state index in [1.807, 2.05) is 30.3 Å². The fourth-order valence-corrected chi connectivity index (χ4v) is 1.98. The summed E-state index contributed by atoms with van der Waals surface area (Å²) in [5.41, 5.74) is 0.0816. The van der Waals surface area contributed by atoms with E-state index in [4.69, 9.17) is 4.74 Å². The number of carbonyl (C=O) groups excluding carboxylic acids is 2. The summed E-state index contributed by atoms with van der Waals surface area (Å²) in [6.07, 6.45) is -0.665. The largest absolute Gasteiger partial charge is 0.465 e. The van der Waals surface area contributed by atoms with Crippen LogP contribution in [0.15, 0.2) is 42.5 Å². The van der Waals surface area contributed by atoms with Crippen molar-refractivity contribution in [2.45, 2.75) is 6.61 Å². The Morgan fingerprint density at radius 1 is 1.12 bits per heavy atom. The zero-order valence-electron chi connectivity index (χ0n) is 13.8. The van der Waals surface area contributed by atoms with Gasteiger partial charge in [0.25, 0.3) is 0 Å². The van der Waals surface area contributed by atoms with Crippen LogP contribution >= 0.6 is 0 Å². The summed E-state index contributed by atoms with van der Waals surface area (Å²) in [7, 11) is 1.03. The van der Waals surface area contributed by atoms with Gasteiger partial charge in [-0.1, -0.05) is 42.2 Å². The lowest BCUT2D eigenvalue weighted by atomic mass is 10.1. The summed E-state index contributed by atoms with van der Waals surface area (Å²) in [5, 5.41) is 2.39. The Hall–Kier alpha value is -3.40. The highest BCUT2D eigenvalue weighted by molar-refractivity contribution is 5.90. The molecule has 0 saturated carbocycles. The van der Waals surface area contributed by atoms with E-state index in [0.717, 1.165) is 24.8 Å². The SMILES string of the molecule is COC(=O)c1c(F)cc(C#CCNC(=O)OCc2ccccc2)cc1F. The number of rotatable bonds is 4. The number of esters is 1. The molecule has 0 saturated heterocycles. The molecule has 0 aromatic heterocycles. The molecule has 2 aromatic rings. The lowest BCUT2D eigenvalue weighted by molar-refractivity contribution is 0.0589. The van der Waals surface area contributed by atoms with Crippen molar-refractivity contribution in [1.29, 1.82) is 0 Å². The molecule has 0 atom stereocenters.